The van der Waals surface area contributed by atoms with Gasteiger partial charge in [0.05, 0.1) is 34.4 Å². The summed E-state index contributed by atoms with van der Waals surface area (Å²) in [6.07, 6.45) is 22.5. The number of ether oxygens (including phenoxy) is 1. The van der Waals surface area contributed by atoms with Crippen molar-refractivity contribution in [2.75, 3.05) is 47.5 Å². The molecule has 0 aliphatic rings. The highest BCUT2D eigenvalue weighted by Crippen LogP contribution is 2.43. The molecular formula is C31H59NO5P+. The maximum Gasteiger partial charge on any atom is 0.472 e. The van der Waals surface area contributed by atoms with Gasteiger partial charge in [-0.25, -0.2) is 4.57 Å². The number of hydrogen-bond acceptors (Lipinski definition) is 4. The van der Waals surface area contributed by atoms with Crippen LogP contribution in [0, 0.1) is 0 Å². The Balaban J connectivity index is 1.95. The monoisotopic (exact) mass is 556 g/mol. The number of nitrogens with zero attached hydrogens (tertiary/aromatic N) is 1. The number of phosphoric acid groups is 1. The number of benzene rings is 1. The maximum absolute atomic E-state index is 12.0. The summed E-state index contributed by atoms with van der Waals surface area (Å²) in [5.74, 6) is 0.868. The van der Waals surface area contributed by atoms with Gasteiger partial charge in [-0.1, -0.05) is 115 Å². The van der Waals surface area contributed by atoms with Crippen LogP contribution in [0.25, 0.3) is 0 Å². The summed E-state index contributed by atoms with van der Waals surface area (Å²) in [5.41, 5.74) is 1.03. The fourth-order valence-corrected chi connectivity index (χ4v) is 5.05. The van der Waals surface area contributed by atoms with Crippen molar-refractivity contribution in [1.82, 2.24) is 0 Å². The van der Waals surface area contributed by atoms with Crippen LogP contribution in [0.2, 0.25) is 0 Å². The summed E-state index contributed by atoms with van der Waals surface area (Å²) in [6, 6.07) is 7.87. The second-order valence-electron chi connectivity index (χ2n) is 11.7. The average Bonchev–Trinajstić information content (AvgIpc) is 2.86. The number of quaternary nitrogens is 1. The van der Waals surface area contributed by atoms with Crippen molar-refractivity contribution < 1.29 is 27.7 Å². The fourth-order valence-electron chi connectivity index (χ4n) is 4.34. The molecule has 1 N–H and O–H groups in total. The van der Waals surface area contributed by atoms with Gasteiger partial charge in [0, 0.05) is 0 Å². The normalized spacial score (nSPS) is 13.5. The van der Waals surface area contributed by atoms with E-state index >= 15 is 0 Å². The molecule has 0 aliphatic heterocycles. The molecule has 222 valence electrons. The van der Waals surface area contributed by atoms with Gasteiger partial charge in [-0.15, -0.1) is 0 Å². The lowest BCUT2D eigenvalue weighted by molar-refractivity contribution is -0.870. The molecule has 0 saturated heterocycles. The SMILES string of the molecule is CCCCCCCCCCCCCCCCCCOc1ccc(CCOP(=O)(O)OCC[N+](C)(C)C)cc1. The molecule has 0 aliphatic carbocycles. The van der Waals surface area contributed by atoms with Crippen LogP contribution in [0.4, 0.5) is 0 Å². The van der Waals surface area contributed by atoms with Gasteiger partial charge in [-0.3, -0.25) is 9.05 Å². The van der Waals surface area contributed by atoms with Crippen molar-refractivity contribution in [2.24, 2.45) is 0 Å². The molecule has 0 bridgehead atoms. The second kappa shape index (κ2) is 21.9. The Morgan fingerprint density at radius 1 is 0.658 bits per heavy atom. The molecule has 1 unspecified atom stereocenters. The predicted molar refractivity (Wildman–Crippen MR) is 160 cm³/mol. The first-order valence-electron chi connectivity index (χ1n) is 15.4. The quantitative estimate of drug-likeness (QED) is 0.0702. The van der Waals surface area contributed by atoms with E-state index < -0.39 is 7.82 Å². The minimum absolute atomic E-state index is 0.136. The number of hydrogen-bond donors (Lipinski definition) is 1. The largest absolute Gasteiger partial charge is 0.494 e. The Morgan fingerprint density at radius 2 is 1.11 bits per heavy atom. The molecule has 1 rings (SSSR count). The van der Waals surface area contributed by atoms with Crippen LogP contribution in [-0.4, -0.2) is 56.9 Å². The predicted octanol–water partition coefficient (Wildman–Crippen LogP) is 8.71. The summed E-state index contributed by atoms with van der Waals surface area (Å²) in [5, 5.41) is 0. The van der Waals surface area contributed by atoms with Crippen molar-refractivity contribution in [3.63, 3.8) is 0 Å². The molecule has 1 aromatic carbocycles. The smallest absolute Gasteiger partial charge is 0.472 e. The summed E-state index contributed by atoms with van der Waals surface area (Å²) in [7, 11) is 2.00. The van der Waals surface area contributed by atoms with Gasteiger partial charge in [0.2, 0.25) is 0 Å². The Kier molecular flexibility index (Phi) is 20.2. The molecule has 0 saturated carbocycles. The van der Waals surface area contributed by atoms with Crippen LogP contribution in [0.5, 0.6) is 5.75 Å². The van der Waals surface area contributed by atoms with Crippen molar-refractivity contribution in [3.05, 3.63) is 29.8 Å². The Bertz CT molecular complexity index is 720. The zero-order chi connectivity index (χ0) is 28.0. The van der Waals surface area contributed by atoms with Gasteiger partial charge in [0.15, 0.2) is 0 Å². The molecule has 0 aromatic heterocycles. The second-order valence-corrected chi connectivity index (χ2v) is 13.1. The lowest BCUT2D eigenvalue weighted by Crippen LogP contribution is -2.37. The van der Waals surface area contributed by atoms with E-state index in [4.69, 9.17) is 13.8 Å². The molecule has 0 spiro atoms. The van der Waals surface area contributed by atoms with Gasteiger partial charge >= 0.3 is 7.82 Å². The number of rotatable bonds is 26. The minimum Gasteiger partial charge on any atom is -0.494 e. The summed E-state index contributed by atoms with van der Waals surface area (Å²) in [6.45, 7) is 3.98. The standard InChI is InChI=1S/C31H58NO5P/c1-5-6-7-8-9-10-11-12-13-14-15-16-17-18-19-20-27-35-31-23-21-30(22-24-31)25-28-36-38(33,34)37-29-26-32(2,3)4/h21-24H,5-20,25-29H2,1-4H3/p+1. The van der Waals surface area contributed by atoms with Gasteiger partial charge in [-0.2, -0.15) is 0 Å². The van der Waals surface area contributed by atoms with Gasteiger partial charge < -0.3 is 14.1 Å². The van der Waals surface area contributed by atoms with Crippen molar-refractivity contribution in [1.29, 1.82) is 0 Å². The van der Waals surface area contributed by atoms with Crippen LogP contribution < -0.4 is 4.74 Å². The maximum atomic E-state index is 12.0. The first-order valence-corrected chi connectivity index (χ1v) is 16.9. The van der Waals surface area contributed by atoms with Crippen molar-refractivity contribution in [2.45, 2.75) is 116 Å². The highest BCUT2D eigenvalue weighted by atomic mass is 31.2. The molecule has 0 radical (unpaired) electrons. The highest BCUT2D eigenvalue weighted by Gasteiger charge is 2.22. The molecule has 1 aromatic rings. The third kappa shape index (κ3) is 22.0. The van der Waals surface area contributed by atoms with Crippen LogP contribution in [0.3, 0.4) is 0 Å². The number of unbranched alkanes of at least 4 members (excludes halogenated alkanes) is 15. The molecule has 38 heavy (non-hydrogen) atoms. The van der Waals surface area contributed by atoms with E-state index in [0.717, 1.165) is 24.3 Å². The van der Waals surface area contributed by atoms with Crippen molar-refractivity contribution >= 4 is 7.82 Å². The van der Waals surface area contributed by atoms with E-state index in [2.05, 4.69) is 6.92 Å². The van der Waals surface area contributed by atoms with E-state index in [1.54, 1.807) is 0 Å². The molecule has 0 heterocycles. The molecule has 7 heteroatoms. The minimum atomic E-state index is -4.00. The van der Waals surface area contributed by atoms with Crippen LogP contribution in [0.15, 0.2) is 24.3 Å². The third-order valence-corrected chi connectivity index (χ3v) is 7.87. The zero-order valence-electron chi connectivity index (χ0n) is 25.1. The highest BCUT2D eigenvalue weighted by molar-refractivity contribution is 7.47. The Labute approximate surface area is 234 Å². The van der Waals surface area contributed by atoms with E-state index in [1.807, 2.05) is 45.4 Å². The van der Waals surface area contributed by atoms with Gasteiger partial charge in [-0.05, 0) is 30.5 Å². The van der Waals surface area contributed by atoms with E-state index in [1.165, 1.54) is 96.3 Å². The fraction of sp³-hybridized carbons (Fsp3) is 0.806. The Hall–Kier alpha value is -0.910. The first-order chi connectivity index (χ1) is 18.2. The average molecular weight is 557 g/mol. The topological polar surface area (TPSA) is 65.0 Å². The Morgan fingerprint density at radius 3 is 1.58 bits per heavy atom. The lowest BCUT2D eigenvalue weighted by Gasteiger charge is -2.24. The summed E-state index contributed by atoms with van der Waals surface area (Å²) in [4.78, 5) is 9.79. The van der Waals surface area contributed by atoms with Gasteiger partial charge in [0.1, 0.15) is 18.9 Å². The molecule has 6 nitrogen and oxygen atoms in total. The first kappa shape index (κ1) is 35.1. The molecule has 0 amide bonds. The van der Waals surface area contributed by atoms with Crippen LogP contribution in [0.1, 0.15) is 115 Å². The number of phosphoric ester groups is 1. The van der Waals surface area contributed by atoms with Crippen LogP contribution in [-0.2, 0) is 20.0 Å². The number of likely N-dealkylation sites (N-methyl/N-ethyl adjacent to an activating group) is 1. The van der Waals surface area contributed by atoms with Gasteiger partial charge in [0.25, 0.3) is 0 Å². The lowest BCUT2D eigenvalue weighted by atomic mass is 10.0. The summed E-state index contributed by atoms with van der Waals surface area (Å²) < 4.78 is 28.6. The molecule has 0 fully saturated rings. The molecule has 1 atom stereocenters. The van der Waals surface area contributed by atoms with E-state index in [9.17, 15) is 9.46 Å². The van der Waals surface area contributed by atoms with E-state index in [0.29, 0.717) is 17.4 Å². The third-order valence-electron chi connectivity index (χ3n) is 6.85. The van der Waals surface area contributed by atoms with Crippen molar-refractivity contribution in [3.8, 4) is 5.75 Å². The van der Waals surface area contributed by atoms with Crippen LogP contribution >= 0.6 is 7.82 Å². The summed E-state index contributed by atoms with van der Waals surface area (Å²) >= 11 is 0. The zero-order valence-corrected chi connectivity index (χ0v) is 26.0. The van der Waals surface area contributed by atoms with E-state index in [-0.39, 0.29) is 13.2 Å². The molecular weight excluding hydrogens is 497 g/mol.